The Morgan fingerprint density at radius 2 is 2.10 bits per heavy atom. The monoisotopic (exact) mass is 283 g/mol. The summed E-state index contributed by atoms with van der Waals surface area (Å²) in [6.45, 7) is 9.24. The van der Waals surface area contributed by atoms with E-state index in [2.05, 4.69) is 37.4 Å². The molecule has 0 aliphatic heterocycles. The van der Waals surface area contributed by atoms with Crippen LogP contribution in [0.2, 0.25) is 0 Å². The summed E-state index contributed by atoms with van der Waals surface area (Å²) in [7, 11) is 0. The molecule has 2 aromatic heterocycles. The van der Waals surface area contributed by atoms with E-state index >= 15 is 0 Å². The summed E-state index contributed by atoms with van der Waals surface area (Å²) in [5.74, 6) is 1.58. The second-order valence-corrected chi connectivity index (χ2v) is 7.41. The van der Waals surface area contributed by atoms with Crippen molar-refractivity contribution in [3.05, 3.63) is 41.3 Å². The lowest BCUT2D eigenvalue weighted by atomic mass is 9.76. The van der Waals surface area contributed by atoms with Crippen LogP contribution < -0.4 is 0 Å². The molecule has 1 aliphatic carbocycles. The Morgan fingerprint density at radius 1 is 1.29 bits per heavy atom. The van der Waals surface area contributed by atoms with E-state index in [0.29, 0.717) is 11.3 Å². The first-order chi connectivity index (χ1) is 9.96. The minimum Gasteiger partial charge on any atom is -0.237 e. The van der Waals surface area contributed by atoms with Crippen molar-refractivity contribution in [3.63, 3.8) is 0 Å². The van der Waals surface area contributed by atoms with Crippen molar-refractivity contribution in [3.8, 4) is 5.82 Å². The van der Waals surface area contributed by atoms with E-state index in [9.17, 15) is 0 Å². The third kappa shape index (κ3) is 2.87. The molecule has 0 unspecified atom stereocenters. The third-order valence-corrected chi connectivity index (χ3v) is 4.34. The van der Waals surface area contributed by atoms with E-state index in [1.165, 1.54) is 23.4 Å². The highest BCUT2D eigenvalue weighted by molar-refractivity contribution is 5.36. The van der Waals surface area contributed by atoms with Gasteiger partial charge in [-0.15, -0.1) is 0 Å². The molecule has 21 heavy (non-hydrogen) atoms. The molecule has 0 spiro atoms. The first-order valence-electron chi connectivity index (χ1n) is 7.97. The van der Waals surface area contributed by atoms with E-state index in [1.54, 1.807) is 0 Å². The van der Waals surface area contributed by atoms with Crippen molar-refractivity contribution in [1.29, 1.82) is 0 Å². The van der Waals surface area contributed by atoms with Gasteiger partial charge in [0.2, 0.25) is 0 Å². The van der Waals surface area contributed by atoms with Crippen LogP contribution in [-0.4, -0.2) is 14.8 Å². The van der Waals surface area contributed by atoms with Gasteiger partial charge >= 0.3 is 0 Å². The lowest BCUT2D eigenvalue weighted by molar-refractivity contribution is 0.308. The fourth-order valence-electron chi connectivity index (χ4n) is 3.23. The molecule has 2 heterocycles. The highest BCUT2D eigenvalue weighted by atomic mass is 15.3. The largest absolute Gasteiger partial charge is 0.237 e. The van der Waals surface area contributed by atoms with Gasteiger partial charge in [0.25, 0.3) is 0 Å². The summed E-state index contributed by atoms with van der Waals surface area (Å²) in [6, 6.07) is 6.04. The minimum absolute atomic E-state index is 0.356. The molecule has 0 N–H and O–H groups in total. The normalized spacial score (nSPS) is 17.0. The Hall–Kier alpha value is -1.64. The van der Waals surface area contributed by atoms with Gasteiger partial charge in [-0.1, -0.05) is 33.8 Å². The van der Waals surface area contributed by atoms with Gasteiger partial charge in [-0.3, -0.25) is 0 Å². The van der Waals surface area contributed by atoms with Crippen LogP contribution >= 0.6 is 0 Å². The van der Waals surface area contributed by atoms with Crippen LogP contribution in [0.25, 0.3) is 5.82 Å². The smallest absolute Gasteiger partial charge is 0.153 e. The molecule has 1 aliphatic rings. The van der Waals surface area contributed by atoms with E-state index in [-0.39, 0.29) is 0 Å². The van der Waals surface area contributed by atoms with Gasteiger partial charge in [-0.2, -0.15) is 5.10 Å². The summed E-state index contributed by atoms with van der Waals surface area (Å²) in [6.07, 6.45) is 6.39. The van der Waals surface area contributed by atoms with Crippen molar-refractivity contribution in [2.45, 2.75) is 53.4 Å². The van der Waals surface area contributed by atoms with Crippen LogP contribution in [0.15, 0.2) is 24.4 Å². The van der Waals surface area contributed by atoms with Gasteiger partial charge in [-0.25, -0.2) is 9.67 Å². The van der Waals surface area contributed by atoms with Crippen LogP contribution in [-0.2, 0) is 19.3 Å². The van der Waals surface area contributed by atoms with Gasteiger partial charge in [0.05, 0.1) is 11.4 Å². The zero-order chi connectivity index (χ0) is 15.0. The van der Waals surface area contributed by atoms with Crippen LogP contribution in [0.4, 0.5) is 0 Å². The number of rotatable bonds is 3. The summed E-state index contributed by atoms with van der Waals surface area (Å²) in [4.78, 5) is 4.50. The van der Waals surface area contributed by atoms with Crippen LogP contribution in [0, 0.1) is 11.3 Å². The molecule has 0 radical (unpaired) electrons. The van der Waals surface area contributed by atoms with Crippen molar-refractivity contribution >= 4 is 0 Å². The van der Waals surface area contributed by atoms with Gasteiger partial charge in [0, 0.05) is 6.20 Å². The van der Waals surface area contributed by atoms with Crippen molar-refractivity contribution in [1.82, 2.24) is 14.8 Å². The van der Waals surface area contributed by atoms with E-state index in [4.69, 9.17) is 5.10 Å². The van der Waals surface area contributed by atoms with Crippen molar-refractivity contribution in [2.75, 3.05) is 0 Å². The molecule has 112 valence electrons. The Bertz CT molecular complexity index is 623. The highest BCUT2D eigenvalue weighted by Gasteiger charge is 2.31. The van der Waals surface area contributed by atoms with E-state index in [1.807, 2.05) is 24.4 Å². The molecule has 0 saturated carbocycles. The number of aromatic nitrogens is 3. The molecule has 0 fully saturated rings. The number of nitrogens with zero attached hydrogens (tertiary/aromatic N) is 3. The lowest BCUT2D eigenvalue weighted by Gasteiger charge is -2.30. The summed E-state index contributed by atoms with van der Waals surface area (Å²) in [5, 5.41) is 4.92. The van der Waals surface area contributed by atoms with Crippen LogP contribution in [0.5, 0.6) is 0 Å². The second-order valence-electron chi connectivity index (χ2n) is 7.41. The summed E-state index contributed by atoms with van der Waals surface area (Å²) < 4.78 is 2.09. The first kappa shape index (κ1) is 14.3. The third-order valence-electron chi connectivity index (χ3n) is 4.34. The maximum absolute atomic E-state index is 4.92. The molecule has 3 rings (SSSR count). The standard InChI is InChI=1S/C18H25N3/c1-13(2)11-15-14-8-9-18(3,4)12-16(14)21(20-15)17-7-5-6-10-19-17/h5-7,10,13H,8-9,11-12H2,1-4H3. The predicted molar refractivity (Wildman–Crippen MR) is 85.7 cm³/mol. The molecular formula is C18H25N3. The van der Waals surface area contributed by atoms with Gasteiger partial charge in [0.15, 0.2) is 5.82 Å². The topological polar surface area (TPSA) is 30.7 Å². The second kappa shape index (κ2) is 5.28. The molecule has 0 bridgehead atoms. The van der Waals surface area contributed by atoms with Gasteiger partial charge < -0.3 is 0 Å². The molecule has 3 heteroatoms. The zero-order valence-corrected chi connectivity index (χ0v) is 13.6. The van der Waals surface area contributed by atoms with Gasteiger partial charge in [0.1, 0.15) is 0 Å². The lowest BCUT2D eigenvalue weighted by Crippen LogP contribution is -2.24. The fourth-order valence-corrected chi connectivity index (χ4v) is 3.23. The average Bonchev–Trinajstić information content (AvgIpc) is 2.75. The zero-order valence-electron chi connectivity index (χ0n) is 13.6. The van der Waals surface area contributed by atoms with Crippen molar-refractivity contribution in [2.24, 2.45) is 11.3 Å². The molecule has 0 saturated heterocycles. The Balaban J connectivity index is 2.10. The number of pyridine rings is 1. The molecule has 3 nitrogen and oxygen atoms in total. The first-order valence-corrected chi connectivity index (χ1v) is 7.97. The molecular weight excluding hydrogens is 258 g/mol. The van der Waals surface area contributed by atoms with E-state index < -0.39 is 0 Å². The van der Waals surface area contributed by atoms with Gasteiger partial charge in [-0.05, 0) is 54.7 Å². The van der Waals surface area contributed by atoms with Crippen LogP contribution in [0.3, 0.4) is 0 Å². The Kier molecular flexibility index (Phi) is 3.60. The van der Waals surface area contributed by atoms with Crippen LogP contribution in [0.1, 0.15) is 51.1 Å². The Labute approximate surface area is 127 Å². The molecule has 2 aromatic rings. The fraction of sp³-hybridized carbons (Fsp3) is 0.556. The quantitative estimate of drug-likeness (QED) is 0.853. The summed E-state index contributed by atoms with van der Waals surface area (Å²) in [5.41, 5.74) is 4.49. The highest BCUT2D eigenvalue weighted by Crippen LogP contribution is 2.37. The minimum atomic E-state index is 0.356. The molecule has 0 atom stereocenters. The molecule has 0 amide bonds. The summed E-state index contributed by atoms with van der Waals surface area (Å²) >= 11 is 0. The number of hydrogen-bond donors (Lipinski definition) is 0. The number of fused-ring (bicyclic) bond motifs is 1. The SMILES string of the molecule is CC(C)Cc1nn(-c2ccccn2)c2c1CCC(C)(C)C2. The Morgan fingerprint density at radius 3 is 2.76 bits per heavy atom. The van der Waals surface area contributed by atoms with Crippen molar-refractivity contribution < 1.29 is 0 Å². The maximum atomic E-state index is 4.92. The average molecular weight is 283 g/mol. The predicted octanol–water partition coefficient (Wildman–Crippen LogP) is 3.98. The van der Waals surface area contributed by atoms with E-state index in [0.717, 1.165) is 25.1 Å². The molecule has 0 aromatic carbocycles. The maximum Gasteiger partial charge on any atom is 0.153 e. The number of hydrogen-bond acceptors (Lipinski definition) is 2.